The third-order valence-electron chi connectivity index (χ3n) is 6.09. The number of quaternary nitrogens is 1. The first-order chi connectivity index (χ1) is 14.3. The molecule has 29 heavy (non-hydrogen) atoms. The van der Waals surface area contributed by atoms with Crippen molar-refractivity contribution in [2.24, 2.45) is 5.10 Å². The number of fused-ring (bicyclic) bond motifs is 3. The van der Waals surface area contributed by atoms with Gasteiger partial charge in [-0.1, -0.05) is 60.7 Å². The molecule has 4 heteroatoms. The van der Waals surface area contributed by atoms with Crippen LogP contribution in [-0.2, 0) is 0 Å². The summed E-state index contributed by atoms with van der Waals surface area (Å²) in [5, 5.41) is 6.91. The number of nitrogens with one attached hydrogen (secondary N) is 1. The fourth-order valence-corrected chi connectivity index (χ4v) is 4.65. The van der Waals surface area contributed by atoms with Crippen LogP contribution in [0.25, 0.3) is 11.1 Å². The first-order valence-electron chi connectivity index (χ1n) is 10.3. The minimum atomic E-state index is 0.437. The molecule has 0 atom stereocenters. The van der Waals surface area contributed by atoms with Crippen LogP contribution in [0.5, 0.6) is 5.75 Å². The van der Waals surface area contributed by atoms with Crippen LogP contribution in [0.4, 0.5) is 0 Å². The number of ether oxygens (including phenoxy) is 1. The number of hydrogen-bond acceptors (Lipinski definition) is 3. The lowest BCUT2D eigenvalue weighted by atomic mass is 10.0. The summed E-state index contributed by atoms with van der Waals surface area (Å²) < 4.78 is 5.30. The Morgan fingerprint density at radius 3 is 2.21 bits per heavy atom. The summed E-state index contributed by atoms with van der Waals surface area (Å²) in [5.74, 6) is 0.863. The van der Waals surface area contributed by atoms with E-state index in [4.69, 9.17) is 9.84 Å². The fraction of sp³-hybridized carbons (Fsp3) is 0.240. The second-order valence-corrected chi connectivity index (χ2v) is 7.74. The summed E-state index contributed by atoms with van der Waals surface area (Å²) in [4.78, 5) is 1.63. The van der Waals surface area contributed by atoms with Crippen molar-refractivity contribution >= 4 is 6.21 Å². The molecule has 1 fully saturated rings. The maximum atomic E-state index is 5.30. The van der Waals surface area contributed by atoms with Gasteiger partial charge in [0, 0.05) is 11.1 Å². The third-order valence-corrected chi connectivity index (χ3v) is 6.09. The zero-order valence-electron chi connectivity index (χ0n) is 16.7. The summed E-state index contributed by atoms with van der Waals surface area (Å²) in [6.45, 7) is 4.11. The number of methoxy groups -OCH3 is 1. The van der Waals surface area contributed by atoms with Gasteiger partial charge in [-0.05, 0) is 28.8 Å². The minimum absolute atomic E-state index is 0.437. The highest BCUT2D eigenvalue weighted by atomic mass is 16.5. The maximum absolute atomic E-state index is 5.30. The molecule has 0 amide bonds. The average molecular weight is 385 g/mol. The Kier molecular flexibility index (Phi) is 4.78. The van der Waals surface area contributed by atoms with Crippen LogP contribution >= 0.6 is 0 Å². The molecule has 1 aliphatic carbocycles. The Balaban J connectivity index is 1.30. The zero-order valence-corrected chi connectivity index (χ0v) is 16.7. The molecule has 1 saturated heterocycles. The molecule has 0 aromatic heterocycles. The summed E-state index contributed by atoms with van der Waals surface area (Å²) in [6, 6.07) is 26.2. The van der Waals surface area contributed by atoms with E-state index < -0.39 is 0 Å². The largest absolute Gasteiger partial charge is 0.497 e. The number of piperazine rings is 1. The van der Waals surface area contributed by atoms with E-state index in [2.05, 4.69) is 59.6 Å². The highest BCUT2D eigenvalue weighted by Gasteiger charge is 2.37. The second-order valence-electron chi connectivity index (χ2n) is 7.74. The van der Waals surface area contributed by atoms with Crippen molar-refractivity contribution in [2.45, 2.75) is 6.04 Å². The predicted molar refractivity (Wildman–Crippen MR) is 117 cm³/mol. The predicted octanol–water partition coefficient (Wildman–Crippen LogP) is 3.00. The highest BCUT2D eigenvalue weighted by Crippen LogP contribution is 2.41. The summed E-state index contributed by atoms with van der Waals surface area (Å²) in [7, 11) is 1.69. The van der Waals surface area contributed by atoms with E-state index in [0.717, 1.165) is 37.5 Å². The van der Waals surface area contributed by atoms with Gasteiger partial charge in [-0.25, -0.2) is 0 Å². The molecule has 0 bridgehead atoms. The lowest BCUT2D eigenvalue weighted by molar-refractivity contribution is -0.929. The molecular weight excluding hydrogens is 358 g/mol. The topological polar surface area (TPSA) is 29.3 Å². The van der Waals surface area contributed by atoms with Crippen molar-refractivity contribution in [1.82, 2.24) is 5.01 Å². The van der Waals surface area contributed by atoms with Gasteiger partial charge >= 0.3 is 0 Å². The van der Waals surface area contributed by atoms with Gasteiger partial charge in [-0.3, -0.25) is 5.01 Å². The average Bonchev–Trinajstić information content (AvgIpc) is 3.13. The molecule has 1 aliphatic heterocycles. The van der Waals surface area contributed by atoms with Gasteiger partial charge in [0.2, 0.25) is 0 Å². The molecule has 0 saturated carbocycles. The first-order valence-corrected chi connectivity index (χ1v) is 10.3. The monoisotopic (exact) mass is 384 g/mol. The van der Waals surface area contributed by atoms with E-state index in [-0.39, 0.29) is 0 Å². The van der Waals surface area contributed by atoms with Crippen molar-refractivity contribution < 1.29 is 9.64 Å². The first kappa shape index (κ1) is 18.0. The van der Waals surface area contributed by atoms with E-state index in [1.165, 1.54) is 22.3 Å². The Hall–Kier alpha value is -3.11. The Labute approximate surface area is 172 Å². The smallest absolute Gasteiger partial charge is 0.140 e. The number of hydrazone groups is 1. The molecular formula is C25H26N3O+. The Morgan fingerprint density at radius 1 is 0.897 bits per heavy atom. The molecule has 4 nitrogen and oxygen atoms in total. The number of rotatable bonds is 4. The number of benzene rings is 3. The van der Waals surface area contributed by atoms with Gasteiger partial charge in [0.1, 0.15) is 11.8 Å². The van der Waals surface area contributed by atoms with Crippen molar-refractivity contribution in [3.63, 3.8) is 0 Å². The van der Waals surface area contributed by atoms with Crippen molar-refractivity contribution in [2.75, 3.05) is 33.3 Å². The molecule has 3 aromatic rings. The van der Waals surface area contributed by atoms with Crippen LogP contribution in [0.2, 0.25) is 0 Å². The standard InChI is InChI=1S/C25H25N3O/c1-29-20-8-6-7-19(17-20)18-26-28-15-13-27(14-16-28)25-23-11-4-2-9-21(23)22-10-3-5-12-24(22)25/h2-12,17-18,25H,13-16H2,1H3/p+1/b26-18+. The lowest BCUT2D eigenvalue weighted by Gasteiger charge is -2.34. The second kappa shape index (κ2) is 7.72. The molecule has 3 aromatic carbocycles. The van der Waals surface area contributed by atoms with Crippen LogP contribution in [0, 0.1) is 0 Å². The fourth-order valence-electron chi connectivity index (χ4n) is 4.65. The molecule has 146 valence electrons. The van der Waals surface area contributed by atoms with Crippen LogP contribution < -0.4 is 9.64 Å². The molecule has 1 N–H and O–H groups in total. The quantitative estimate of drug-likeness (QED) is 0.701. The third kappa shape index (κ3) is 3.40. The number of nitrogens with zero attached hydrogens (tertiary/aromatic N) is 2. The van der Waals surface area contributed by atoms with Crippen molar-refractivity contribution in [3.05, 3.63) is 89.5 Å². The van der Waals surface area contributed by atoms with Crippen LogP contribution in [-0.4, -0.2) is 44.5 Å². The summed E-state index contributed by atoms with van der Waals surface area (Å²) in [6.07, 6.45) is 1.94. The van der Waals surface area contributed by atoms with E-state index in [1.54, 1.807) is 12.0 Å². The van der Waals surface area contributed by atoms with Gasteiger partial charge in [0.25, 0.3) is 0 Å². The summed E-state index contributed by atoms with van der Waals surface area (Å²) in [5.41, 5.74) is 6.81. The highest BCUT2D eigenvalue weighted by molar-refractivity contribution is 5.80. The van der Waals surface area contributed by atoms with E-state index >= 15 is 0 Å². The Bertz CT molecular complexity index is 992. The molecule has 0 radical (unpaired) electrons. The Morgan fingerprint density at radius 2 is 1.55 bits per heavy atom. The van der Waals surface area contributed by atoms with Crippen LogP contribution in [0.3, 0.4) is 0 Å². The molecule has 5 rings (SSSR count). The van der Waals surface area contributed by atoms with Gasteiger partial charge in [0.05, 0.1) is 39.5 Å². The van der Waals surface area contributed by atoms with E-state index in [1.807, 2.05) is 24.4 Å². The van der Waals surface area contributed by atoms with Gasteiger partial charge in [-0.2, -0.15) is 5.10 Å². The van der Waals surface area contributed by atoms with E-state index in [9.17, 15) is 0 Å². The van der Waals surface area contributed by atoms with Gasteiger partial charge in [0.15, 0.2) is 0 Å². The minimum Gasteiger partial charge on any atom is -0.497 e. The van der Waals surface area contributed by atoms with Crippen LogP contribution in [0.15, 0.2) is 77.9 Å². The van der Waals surface area contributed by atoms with Crippen molar-refractivity contribution in [1.29, 1.82) is 0 Å². The molecule has 0 unspecified atom stereocenters. The number of hydrogen-bond donors (Lipinski definition) is 1. The lowest BCUT2D eigenvalue weighted by Crippen LogP contribution is -3.14. The van der Waals surface area contributed by atoms with E-state index in [0.29, 0.717) is 6.04 Å². The van der Waals surface area contributed by atoms with Crippen molar-refractivity contribution in [3.8, 4) is 16.9 Å². The molecule has 0 spiro atoms. The normalized spacial score (nSPS) is 16.8. The maximum Gasteiger partial charge on any atom is 0.140 e. The van der Waals surface area contributed by atoms with Gasteiger partial charge < -0.3 is 9.64 Å². The SMILES string of the molecule is COc1cccc(/C=N/N2CC[NH+](C3c4ccccc4-c4ccccc43)CC2)c1. The zero-order chi connectivity index (χ0) is 19.6. The molecule has 1 heterocycles. The molecule has 2 aliphatic rings. The van der Waals surface area contributed by atoms with Gasteiger partial charge in [-0.15, -0.1) is 0 Å². The summed E-state index contributed by atoms with van der Waals surface area (Å²) >= 11 is 0. The van der Waals surface area contributed by atoms with Crippen LogP contribution in [0.1, 0.15) is 22.7 Å².